The van der Waals surface area contributed by atoms with Gasteiger partial charge in [-0.2, -0.15) is 0 Å². The third-order valence-electron chi connectivity index (χ3n) is 2.38. The quantitative estimate of drug-likeness (QED) is 0.520. The average Bonchev–Trinajstić information content (AvgIpc) is 2.51. The van der Waals surface area contributed by atoms with Gasteiger partial charge in [-0.1, -0.05) is 0 Å². The second-order valence-electron chi connectivity index (χ2n) is 4.12. The molecule has 0 aromatic heterocycles. The fourth-order valence-corrected chi connectivity index (χ4v) is 4.84. The standard InChI is InChI=1S/C9H16ClNO5S2/c10-7-4-18(15,16)5-8(7)11-9(14)3-17-2-6(13)1-12/h6-8,12-13H,1-5H2,(H,11,14). The second-order valence-corrected chi connectivity index (χ2v) is 7.86. The van der Waals surface area contributed by atoms with E-state index in [1.807, 2.05) is 0 Å². The number of amides is 1. The summed E-state index contributed by atoms with van der Waals surface area (Å²) in [5.41, 5.74) is 0. The predicted molar refractivity (Wildman–Crippen MR) is 70.6 cm³/mol. The Labute approximate surface area is 115 Å². The number of carbonyl (C=O) groups is 1. The van der Waals surface area contributed by atoms with Crippen molar-refractivity contribution in [3.8, 4) is 0 Å². The zero-order valence-corrected chi connectivity index (χ0v) is 12.0. The fourth-order valence-electron chi connectivity index (χ4n) is 1.53. The number of alkyl halides is 1. The Balaban J connectivity index is 2.29. The van der Waals surface area contributed by atoms with Gasteiger partial charge in [-0.05, 0) is 0 Å². The minimum atomic E-state index is -3.15. The van der Waals surface area contributed by atoms with Crippen molar-refractivity contribution in [3.63, 3.8) is 0 Å². The number of thioether (sulfide) groups is 1. The van der Waals surface area contributed by atoms with E-state index in [1.165, 1.54) is 0 Å². The first kappa shape index (κ1) is 16.0. The molecule has 1 amide bonds. The van der Waals surface area contributed by atoms with Gasteiger partial charge >= 0.3 is 0 Å². The summed E-state index contributed by atoms with van der Waals surface area (Å²) in [7, 11) is -3.15. The van der Waals surface area contributed by atoms with Crippen LogP contribution in [0.4, 0.5) is 0 Å². The SMILES string of the molecule is O=C(CSCC(O)CO)NC1CS(=O)(=O)CC1Cl. The van der Waals surface area contributed by atoms with Crippen molar-refractivity contribution in [3.05, 3.63) is 0 Å². The van der Waals surface area contributed by atoms with Crippen molar-refractivity contribution in [1.82, 2.24) is 5.32 Å². The van der Waals surface area contributed by atoms with Crippen LogP contribution in [0.25, 0.3) is 0 Å². The molecule has 9 heteroatoms. The molecule has 0 aromatic carbocycles. The van der Waals surface area contributed by atoms with E-state index in [9.17, 15) is 13.2 Å². The highest BCUT2D eigenvalue weighted by Gasteiger charge is 2.37. The molecule has 0 aromatic rings. The minimum absolute atomic E-state index is 0.0945. The first-order valence-electron chi connectivity index (χ1n) is 5.34. The van der Waals surface area contributed by atoms with E-state index in [-0.39, 0.29) is 35.5 Å². The number of hydrogen-bond acceptors (Lipinski definition) is 6. The molecule has 0 radical (unpaired) electrons. The molecule has 1 saturated heterocycles. The van der Waals surface area contributed by atoms with Gasteiger partial charge < -0.3 is 15.5 Å². The molecule has 3 unspecified atom stereocenters. The summed E-state index contributed by atoms with van der Waals surface area (Å²) < 4.78 is 22.5. The van der Waals surface area contributed by atoms with E-state index in [4.69, 9.17) is 21.8 Å². The van der Waals surface area contributed by atoms with E-state index in [2.05, 4.69) is 5.32 Å². The second kappa shape index (κ2) is 6.95. The third kappa shape index (κ3) is 5.31. The summed E-state index contributed by atoms with van der Waals surface area (Å²) in [4.78, 5) is 11.5. The Bertz CT molecular complexity index is 388. The lowest BCUT2D eigenvalue weighted by Gasteiger charge is -2.14. The van der Waals surface area contributed by atoms with Crippen molar-refractivity contribution in [1.29, 1.82) is 0 Å². The van der Waals surface area contributed by atoms with Crippen LogP contribution >= 0.6 is 23.4 Å². The molecule has 18 heavy (non-hydrogen) atoms. The zero-order chi connectivity index (χ0) is 13.8. The van der Waals surface area contributed by atoms with Crippen LogP contribution in [0.3, 0.4) is 0 Å². The Kier molecular flexibility index (Phi) is 6.19. The average molecular weight is 318 g/mol. The maximum atomic E-state index is 11.5. The fraction of sp³-hybridized carbons (Fsp3) is 0.889. The summed E-state index contributed by atoms with van der Waals surface area (Å²) in [5.74, 6) is -0.223. The monoisotopic (exact) mass is 317 g/mol. The van der Waals surface area contributed by atoms with Crippen LogP contribution in [0.2, 0.25) is 0 Å². The summed E-state index contributed by atoms with van der Waals surface area (Å²) in [6.07, 6.45) is -0.851. The highest BCUT2D eigenvalue weighted by atomic mass is 35.5. The third-order valence-corrected chi connectivity index (χ3v) is 5.85. The molecular weight excluding hydrogens is 302 g/mol. The van der Waals surface area contributed by atoms with Gasteiger partial charge in [-0.3, -0.25) is 4.79 Å². The van der Waals surface area contributed by atoms with E-state index in [0.29, 0.717) is 0 Å². The molecule has 6 nitrogen and oxygen atoms in total. The minimum Gasteiger partial charge on any atom is -0.394 e. The highest BCUT2D eigenvalue weighted by Crippen LogP contribution is 2.18. The Morgan fingerprint density at radius 2 is 2.17 bits per heavy atom. The number of nitrogens with one attached hydrogen (secondary N) is 1. The maximum Gasteiger partial charge on any atom is 0.230 e. The number of carbonyl (C=O) groups excluding carboxylic acids is 1. The lowest BCUT2D eigenvalue weighted by atomic mass is 10.2. The highest BCUT2D eigenvalue weighted by molar-refractivity contribution is 8.00. The van der Waals surface area contributed by atoms with Crippen LogP contribution in [-0.2, 0) is 14.6 Å². The number of aliphatic hydroxyl groups excluding tert-OH is 2. The number of sulfone groups is 1. The van der Waals surface area contributed by atoms with Crippen LogP contribution in [0.5, 0.6) is 0 Å². The van der Waals surface area contributed by atoms with Crippen LogP contribution in [0.15, 0.2) is 0 Å². The van der Waals surface area contributed by atoms with Gasteiger partial charge in [0.15, 0.2) is 9.84 Å². The number of halogens is 1. The molecule has 1 heterocycles. The molecule has 1 aliphatic rings. The van der Waals surface area contributed by atoms with Crippen LogP contribution < -0.4 is 5.32 Å². The molecule has 3 atom stereocenters. The maximum absolute atomic E-state index is 11.5. The van der Waals surface area contributed by atoms with Crippen molar-refractivity contribution in [2.45, 2.75) is 17.5 Å². The molecule has 3 N–H and O–H groups in total. The van der Waals surface area contributed by atoms with Crippen LogP contribution in [-0.4, -0.2) is 71.7 Å². The topological polar surface area (TPSA) is 104 Å². The van der Waals surface area contributed by atoms with Gasteiger partial charge in [0.1, 0.15) is 0 Å². The lowest BCUT2D eigenvalue weighted by molar-refractivity contribution is -0.119. The van der Waals surface area contributed by atoms with Crippen molar-refractivity contribution >= 4 is 39.1 Å². The summed E-state index contributed by atoms with van der Waals surface area (Å²) in [6.45, 7) is -0.348. The van der Waals surface area contributed by atoms with E-state index in [1.54, 1.807) is 0 Å². The van der Waals surface area contributed by atoms with Crippen LogP contribution in [0.1, 0.15) is 0 Å². The van der Waals surface area contributed by atoms with Gasteiger partial charge in [-0.25, -0.2) is 8.42 Å². The molecule has 1 fully saturated rings. The normalized spacial score (nSPS) is 27.9. The van der Waals surface area contributed by atoms with Crippen LogP contribution in [0, 0.1) is 0 Å². The molecule has 1 rings (SSSR count). The molecular formula is C9H16ClNO5S2. The predicted octanol–water partition coefficient (Wildman–Crippen LogP) is -1.41. The summed E-state index contributed by atoms with van der Waals surface area (Å²) in [5, 5.41) is 19.6. The van der Waals surface area contributed by atoms with E-state index >= 15 is 0 Å². The van der Waals surface area contributed by atoms with E-state index < -0.39 is 27.4 Å². The molecule has 106 valence electrons. The molecule has 0 saturated carbocycles. The molecule has 1 aliphatic heterocycles. The molecule has 0 spiro atoms. The number of rotatable bonds is 6. The van der Waals surface area contributed by atoms with Gasteiger partial charge in [0, 0.05) is 5.75 Å². The van der Waals surface area contributed by atoms with E-state index in [0.717, 1.165) is 11.8 Å². The Morgan fingerprint density at radius 3 is 2.67 bits per heavy atom. The number of hydrogen-bond donors (Lipinski definition) is 3. The van der Waals surface area contributed by atoms with Gasteiger partial charge in [-0.15, -0.1) is 23.4 Å². The first-order valence-corrected chi connectivity index (χ1v) is 8.76. The Hall–Kier alpha value is -0.0200. The Morgan fingerprint density at radius 1 is 1.50 bits per heavy atom. The molecule has 0 bridgehead atoms. The van der Waals surface area contributed by atoms with Gasteiger partial charge in [0.05, 0.1) is 41.4 Å². The zero-order valence-electron chi connectivity index (χ0n) is 9.58. The van der Waals surface area contributed by atoms with Crippen molar-refractivity contribution in [2.24, 2.45) is 0 Å². The first-order chi connectivity index (χ1) is 8.34. The lowest BCUT2D eigenvalue weighted by Crippen LogP contribution is -2.41. The smallest absolute Gasteiger partial charge is 0.230 e. The van der Waals surface area contributed by atoms with Gasteiger partial charge in [0.25, 0.3) is 0 Å². The molecule has 0 aliphatic carbocycles. The summed E-state index contributed by atoms with van der Waals surface area (Å²) >= 11 is 7.00. The number of aliphatic hydroxyl groups is 2. The van der Waals surface area contributed by atoms with Crippen molar-refractivity contribution < 1.29 is 23.4 Å². The summed E-state index contributed by atoms with van der Waals surface area (Å²) in [6, 6.07) is -0.549. The van der Waals surface area contributed by atoms with Crippen molar-refractivity contribution in [2.75, 3.05) is 29.6 Å². The largest absolute Gasteiger partial charge is 0.394 e. The van der Waals surface area contributed by atoms with Gasteiger partial charge in [0.2, 0.25) is 5.91 Å².